The van der Waals surface area contributed by atoms with E-state index < -0.39 is 5.79 Å². The Morgan fingerprint density at radius 3 is 2.75 bits per heavy atom. The van der Waals surface area contributed by atoms with Crippen LogP contribution in [-0.2, 0) is 15.3 Å². The monoisotopic (exact) mass is 248 g/mol. The molecule has 1 aliphatic rings. The quantitative estimate of drug-likeness (QED) is 0.749. The molecule has 2 rings (SSSR count). The van der Waals surface area contributed by atoms with Crippen LogP contribution < -0.4 is 0 Å². The van der Waals surface area contributed by atoms with E-state index in [1.165, 1.54) is 0 Å². The van der Waals surface area contributed by atoms with Gasteiger partial charge in [-0.3, -0.25) is 0 Å². The fourth-order valence-electron chi connectivity index (χ4n) is 1.24. The van der Waals surface area contributed by atoms with Gasteiger partial charge in [-0.2, -0.15) is 0 Å². The van der Waals surface area contributed by atoms with Crippen molar-refractivity contribution in [3.63, 3.8) is 0 Å². The van der Waals surface area contributed by atoms with Gasteiger partial charge in [-0.25, -0.2) is 0 Å². The molecule has 2 nitrogen and oxygen atoms in total. The summed E-state index contributed by atoms with van der Waals surface area (Å²) in [4.78, 5) is 1.14. The molecule has 0 spiro atoms. The van der Waals surface area contributed by atoms with E-state index in [0.29, 0.717) is 18.5 Å². The van der Waals surface area contributed by atoms with Crippen LogP contribution in [0.5, 0.6) is 0 Å². The van der Waals surface area contributed by atoms with E-state index in [2.05, 4.69) is 15.9 Å². The van der Waals surface area contributed by atoms with E-state index >= 15 is 0 Å². The molecule has 0 amide bonds. The minimum Gasteiger partial charge on any atom is -0.342 e. The fraction of sp³-hybridized carbons (Fsp3) is 0.500. The summed E-state index contributed by atoms with van der Waals surface area (Å²) in [5, 5.41) is 2.73. The number of hydrogen-bond donors (Lipinski definition) is 0. The Kier molecular flexibility index (Phi) is 2.50. The summed E-state index contributed by atoms with van der Waals surface area (Å²) in [7, 11) is 0. The minimum absolute atomic E-state index is 0.506. The van der Waals surface area contributed by atoms with E-state index in [9.17, 15) is 0 Å². The lowest BCUT2D eigenvalue weighted by atomic mass is 10.2. The van der Waals surface area contributed by atoms with E-state index in [-0.39, 0.29) is 0 Å². The zero-order valence-electron chi connectivity index (χ0n) is 6.46. The summed E-state index contributed by atoms with van der Waals surface area (Å²) in [6.07, 6.45) is 0. The molecule has 66 valence electrons. The zero-order chi connectivity index (χ0) is 8.44. The second kappa shape index (κ2) is 3.46. The van der Waals surface area contributed by atoms with Crippen LogP contribution in [0.4, 0.5) is 0 Å². The highest BCUT2D eigenvalue weighted by atomic mass is 79.9. The maximum absolute atomic E-state index is 5.58. The van der Waals surface area contributed by atoms with Crippen molar-refractivity contribution in [3.8, 4) is 0 Å². The van der Waals surface area contributed by atoms with Gasteiger partial charge in [0.1, 0.15) is 0 Å². The zero-order valence-corrected chi connectivity index (χ0v) is 8.86. The molecule has 1 aromatic rings. The largest absolute Gasteiger partial charge is 0.342 e. The Bertz CT molecular complexity index is 242. The molecule has 0 unspecified atom stereocenters. The molecule has 1 aromatic heterocycles. The lowest BCUT2D eigenvalue weighted by Gasteiger charge is -2.23. The van der Waals surface area contributed by atoms with Crippen LogP contribution in [0.1, 0.15) is 4.88 Å². The van der Waals surface area contributed by atoms with Crippen molar-refractivity contribution >= 4 is 27.3 Å². The Balaban J connectivity index is 2.28. The summed E-state index contributed by atoms with van der Waals surface area (Å²) in [6, 6.07) is 4.05. The number of halogens is 1. The third-order valence-electron chi connectivity index (χ3n) is 1.83. The predicted octanol–water partition coefficient (Wildman–Crippen LogP) is 2.34. The molecule has 0 aliphatic carbocycles. The lowest BCUT2D eigenvalue weighted by molar-refractivity contribution is -0.141. The van der Waals surface area contributed by atoms with Crippen LogP contribution in [-0.4, -0.2) is 18.5 Å². The first-order valence-corrected chi connectivity index (χ1v) is 5.75. The third kappa shape index (κ3) is 1.33. The molecule has 0 radical (unpaired) electrons. The van der Waals surface area contributed by atoms with Gasteiger partial charge in [0.2, 0.25) is 5.79 Å². The maximum Gasteiger partial charge on any atom is 0.214 e. The maximum atomic E-state index is 5.58. The number of alkyl halides is 1. The number of rotatable bonds is 2. The van der Waals surface area contributed by atoms with E-state index in [1.807, 2.05) is 17.5 Å². The van der Waals surface area contributed by atoms with Crippen molar-refractivity contribution in [3.05, 3.63) is 22.4 Å². The van der Waals surface area contributed by atoms with Gasteiger partial charge in [0, 0.05) is 0 Å². The van der Waals surface area contributed by atoms with Crippen molar-refractivity contribution < 1.29 is 9.47 Å². The molecule has 2 heterocycles. The number of thiophene rings is 1. The molecule has 0 atom stereocenters. The normalized spacial score (nSPS) is 21.4. The molecule has 0 aromatic carbocycles. The van der Waals surface area contributed by atoms with Gasteiger partial charge in [-0.1, -0.05) is 22.0 Å². The van der Waals surface area contributed by atoms with Crippen LogP contribution in [0.3, 0.4) is 0 Å². The smallest absolute Gasteiger partial charge is 0.214 e. The third-order valence-corrected chi connectivity index (χ3v) is 3.56. The van der Waals surface area contributed by atoms with Crippen molar-refractivity contribution in [2.45, 2.75) is 5.79 Å². The Hall–Kier alpha value is 0.1000. The average molecular weight is 249 g/mol. The van der Waals surface area contributed by atoms with Crippen LogP contribution in [0.15, 0.2) is 17.5 Å². The first kappa shape index (κ1) is 8.69. The summed E-state index contributed by atoms with van der Waals surface area (Å²) in [5.74, 6) is -0.506. The topological polar surface area (TPSA) is 18.5 Å². The van der Waals surface area contributed by atoms with Crippen LogP contribution in [0.25, 0.3) is 0 Å². The van der Waals surface area contributed by atoms with E-state index in [1.54, 1.807) is 11.3 Å². The van der Waals surface area contributed by atoms with Gasteiger partial charge >= 0.3 is 0 Å². The van der Waals surface area contributed by atoms with Gasteiger partial charge in [-0.05, 0) is 11.4 Å². The molecule has 1 saturated heterocycles. The van der Waals surface area contributed by atoms with Crippen LogP contribution in [0.2, 0.25) is 0 Å². The van der Waals surface area contributed by atoms with Crippen LogP contribution in [0, 0.1) is 0 Å². The summed E-state index contributed by atoms with van der Waals surface area (Å²) in [6.45, 7) is 1.37. The summed E-state index contributed by atoms with van der Waals surface area (Å²) < 4.78 is 11.2. The van der Waals surface area contributed by atoms with Gasteiger partial charge in [-0.15, -0.1) is 11.3 Å². The summed E-state index contributed by atoms with van der Waals surface area (Å²) in [5.41, 5.74) is 0. The fourth-order valence-corrected chi connectivity index (χ4v) is 2.88. The second-order valence-corrected chi connectivity index (χ2v) is 4.07. The molecule has 1 fully saturated rings. The standard InChI is InChI=1S/C8H9BrO2S/c9-6-8(10-3-4-11-8)7-2-1-5-12-7/h1-2,5H,3-4,6H2. The highest BCUT2D eigenvalue weighted by molar-refractivity contribution is 9.09. The number of hydrogen-bond acceptors (Lipinski definition) is 3. The Labute approximate surface area is 83.6 Å². The van der Waals surface area contributed by atoms with E-state index in [0.717, 1.165) is 4.88 Å². The predicted molar refractivity (Wildman–Crippen MR) is 51.7 cm³/mol. The van der Waals surface area contributed by atoms with Crippen molar-refractivity contribution in [2.75, 3.05) is 18.5 Å². The van der Waals surface area contributed by atoms with Gasteiger partial charge in [0.25, 0.3) is 0 Å². The number of ether oxygens (including phenoxy) is 2. The van der Waals surface area contributed by atoms with Gasteiger partial charge < -0.3 is 9.47 Å². The van der Waals surface area contributed by atoms with Crippen molar-refractivity contribution in [2.24, 2.45) is 0 Å². The van der Waals surface area contributed by atoms with Crippen molar-refractivity contribution in [1.82, 2.24) is 0 Å². The van der Waals surface area contributed by atoms with E-state index in [4.69, 9.17) is 9.47 Å². The molecule has 1 aliphatic heterocycles. The summed E-state index contributed by atoms with van der Waals surface area (Å²) >= 11 is 5.08. The molecule has 12 heavy (non-hydrogen) atoms. The van der Waals surface area contributed by atoms with Gasteiger partial charge in [0.05, 0.1) is 23.4 Å². The molecule has 0 bridgehead atoms. The van der Waals surface area contributed by atoms with Crippen LogP contribution >= 0.6 is 27.3 Å². The molecular formula is C8H9BrO2S. The Morgan fingerprint density at radius 1 is 1.50 bits per heavy atom. The molecular weight excluding hydrogens is 240 g/mol. The molecule has 4 heteroatoms. The highest BCUT2D eigenvalue weighted by Crippen LogP contribution is 2.35. The highest BCUT2D eigenvalue weighted by Gasteiger charge is 2.38. The van der Waals surface area contributed by atoms with Crippen molar-refractivity contribution in [1.29, 1.82) is 0 Å². The first-order valence-electron chi connectivity index (χ1n) is 3.75. The first-order chi connectivity index (χ1) is 5.87. The van der Waals surface area contributed by atoms with Gasteiger partial charge in [0.15, 0.2) is 0 Å². The molecule has 0 N–H and O–H groups in total. The minimum atomic E-state index is -0.506. The lowest BCUT2D eigenvalue weighted by Crippen LogP contribution is -2.27. The second-order valence-electron chi connectivity index (χ2n) is 2.56. The molecule has 0 saturated carbocycles. The Morgan fingerprint density at radius 2 is 2.25 bits per heavy atom. The SMILES string of the molecule is BrCC1(c2cccs2)OCCO1. The average Bonchev–Trinajstić information content (AvgIpc) is 2.76.